The number of esters is 1. The van der Waals surface area contributed by atoms with Gasteiger partial charge in [-0.2, -0.15) is 0 Å². The van der Waals surface area contributed by atoms with Gasteiger partial charge in [-0.25, -0.2) is 18.6 Å². The molecule has 13 heteroatoms. The third-order valence-electron chi connectivity index (χ3n) is 10.1. The Morgan fingerprint density at radius 1 is 1.19 bits per heavy atom. The van der Waals surface area contributed by atoms with Gasteiger partial charge in [0.05, 0.1) is 41.7 Å². The second kappa shape index (κ2) is 12.8. The van der Waals surface area contributed by atoms with Crippen LogP contribution < -0.4 is 15.6 Å². The average Bonchev–Trinajstić information content (AvgIpc) is 3.66. The van der Waals surface area contributed by atoms with E-state index in [9.17, 15) is 18.4 Å². The van der Waals surface area contributed by atoms with Crippen molar-refractivity contribution in [2.45, 2.75) is 64.5 Å². The summed E-state index contributed by atoms with van der Waals surface area (Å²) >= 11 is 7.85. The Bertz CT molecular complexity index is 1970. The summed E-state index contributed by atoms with van der Waals surface area (Å²) in [6, 6.07) is 7.46. The molecule has 1 aromatic carbocycles. The number of fused-ring (bicyclic) bond motifs is 2. The number of benzene rings is 1. The van der Waals surface area contributed by atoms with E-state index in [2.05, 4.69) is 15.2 Å². The molecule has 9 nitrogen and oxygen atoms in total. The molecule has 0 saturated carbocycles. The van der Waals surface area contributed by atoms with E-state index in [1.165, 1.54) is 18.4 Å². The Balaban J connectivity index is 1.09. The molecular formula is C35H38ClF2N5O4S. The monoisotopic (exact) mass is 697 g/mol. The molecule has 254 valence electrons. The summed E-state index contributed by atoms with van der Waals surface area (Å²) in [5.41, 5.74) is 4.34. The Labute approximate surface area is 286 Å². The normalized spacial score (nSPS) is 22.2. The van der Waals surface area contributed by atoms with Crippen molar-refractivity contribution < 1.29 is 23.0 Å². The van der Waals surface area contributed by atoms with Crippen LogP contribution in [0.4, 0.5) is 8.78 Å². The summed E-state index contributed by atoms with van der Waals surface area (Å²) in [6.07, 6.45) is 2.78. The summed E-state index contributed by atoms with van der Waals surface area (Å²) in [6.45, 7) is 5.96. The molecular weight excluding hydrogens is 660 g/mol. The predicted molar refractivity (Wildman–Crippen MR) is 182 cm³/mol. The highest BCUT2D eigenvalue weighted by molar-refractivity contribution is 7.18. The van der Waals surface area contributed by atoms with Crippen LogP contribution in [0.2, 0.25) is 5.02 Å². The van der Waals surface area contributed by atoms with Crippen LogP contribution in [-0.2, 0) is 24.1 Å². The van der Waals surface area contributed by atoms with E-state index in [-0.39, 0.29) is 31.2 Å². The van der Waals surface area contributed by atoms with Crippen LogP contribution in [0.15, 0.2) is 34.4 Å². The van der Waals surface area contributed by atoms with Crippen molar-refractivity contribution in [1.29, 1.82) is 0 Å². The quantitative estimate of drug-likeness (QED) is 0.241. The first-order chi connectivity index (χ1) is 23.0. The summed E-state index contributed by atoms with van der Waals surface area (Å²) < 4.78 is 42.3. The van der Waals surface area contributed by atoms with Gasteiger partial charge in [-0.1, -0.05) is 11.6 Å². The molecule has 5 heterocycles. The number of nitrogens with zero attached hydrogens (tertiary/aromatic N) is 4. The molecule has 3 aromatic heterocycles. The number of carbonyl (C=O) groups excluding carboxylic acids is 1. The molecule has 0 bridgehead atoms. The van der Waals surface area contributed by atoms with E-state index < -0.39 is 17.3 Å². The lowest BCUT2D eigenvalue weighted by molar-refractivity contribution is -0.0668. The third kappa shape index (κ3) is 6.23. The molecule has 2 atom stereocenters. The lowest BCUT2D eigenvalue weighted by atomic mass is 9.78. The maximum absolute atomic E-state index is 14.3. The number of pyridine rings is 1. The number of likely N-dealkylation sites (tertiary alicyclic amines) is 1. The number of aryl methyl sites for hydroxylation is 3. The standard InChI is InChI=1S/C35H38ClF2N5O4S/c1-20-12-25(31-30(40-20)27(15-48-31)33(45)46-3)24-13-22(36)4-7-29(24)47-11-10-43-21(2)41-28-6-5-23(14-26(28)32(43)44)42-9-8-34(19-42)16-35(37,38)18-39-17-34/h4,7,12-13,15,23,39H,5-6,8-11,14,16-19H2,1-3H3. The van der Waals surface area contributed by atoms with Gasteiger partial charge in [-0.15, -0.1) is 11.3 Å². The molecule has 2 saturated heterocycles. The Hall–Kier alpha value is -3.45. The van der Waals surface area contributed by atoms with Gasteiger partial charge < -0.3 is 14.8 Å². The zero-order chi connectivity index (χ0) is 33.8. The maximum Gasteiger partial charge on any atom is 0.340 e. The minimum absolute atomic E-state index is 0.0673. The van der Waals surface area contributed by atoms with Gasteiger partial charge in [0.15, 0.2) is 0 Å². The van der Waals surface area contributed by atoms with Crippen molar-refractivity contribution in [2.24, 2.45) is 5.41 Å². The molecule has 1 aliphatic carbocycles. The molecule has 1 spiro atoms. The number of aromatic nitrogens is 3. The highest BCUT2D eigenvalue weighted by atomic mass is 35.5. The SMILES string of the molecule is COC(=O)c1csc2c(-c3cc(Cl)ccc3OCCn3c(C)nc4c(c3=O)CC(N3CCC5(CNCC(F)(F)C5)C3)CC4)cc(C)nc12. The van der Waals surface area contributed by atoms with Gasteiger partial charge in [0.1, 0.15) is 18.2 Å². The molecule has 0 radical (unpaired) electrons. The van der Waals surface area contributed by atoms with E-state index in [0.717, 1.165) is 46.6 Å². The van der Waals surface area contributed by atoms with Crippen molar-refractivity contribution in [2.75, 3.05) is 39.9 Å². The lowest BCUT2D eigenvalue weighted by Gasteiger charge is -2.39. The molecule has 48 heavy (non-hydrogen) atoms. The van der Waals surface area contributed by atoms with Crippen molar-refractivity contribution >= 4 is 39.1 Å². The number of halogens is 3. The van der Waals surface area contributed by atoms with Crippen molar-refractivity contribution in [1.82, 2.24) is 24.8 Å². The zero-order valence-corrected chi connectivity index (χ0v) is 28.8. The number of rotatable bonds is 7. The fourth-order valence-corrected chi connectivity index (χ4v) is 8.99. The zero-order valence-electron chi connectivity index (χ0n) is 27.2. The number of thiophene rings is 1. The van der Waals surface area contributed by atoms with Crippen LogP contribution >= 0.6 is 22.9 Å². The number of hydrogen-bond acceptors (Lipinski definition) is 9. The Kier molecular flexibility index (Phi) is 8.80. The summed E-state index contributed by atoms with van der Waals surface area (Å²) in [5.74, 6) is -1.91. The molecule has 1 N–H and O–H groups in total. The van der Waals surface area contributed by atoms with Gasteiger partial charge in [0.2, 0.25) is 0 Å². The van der Waals surface area contributed by atoms with Crippen LogP contribution in [0.1, 0.15) is 52.4 Å². The Morgan fingerprint density at radius 3 is 2.81 bits per heavy atom. The van der Waals surface area contributed by atoms with E-state index >= 15 is 0 Å². The van der Waals surface area contributed by atoms with Crippen LogP contribution in [0, 0.1) is 19.3 Å². The number of carbonyl (C=O) groups is 1. The van der Waals surface area contributed by atoms with Crippen LogP contribution in [0.5, 0.6) is 5.75 Å². The van der Waals surface area contributed by atoms with Gasteiger partial charge in [-0.05, 0) is 70.3 Å². The van der Waals surface area contributed by atoms with E-state index in [1.807, 2.05) is 26.0 Å². The second-order valence-electron chi connectivity index (χ2n) is 13.4. The molecule has 2 fully saturated rings. The van der Waals surface area contributed by atoms with Crippen LogP contribution in [0.25, 0.3) is 21.3 Å². The molecule has 2 aliphatic heterocycles. The van der Waals surface area contributed by atoms with Crippen LogP contribution in [0.3, 0.4) is 0 Å². The van der Waals surface area contributed by atoms with Crippen LogP contribution in [-0.4, -0.2) is 77.3 Å². The second-order valence-corrected chi connectivity index (χ2v) is 14.7. The first kappa shape index (κ1) is 33.1. The first-order valence-corrected chi connectivity index (χ1v) is 17.5. The van der Waals surface area contributed by atoms with Crippen molar-refractivity contribution in [3.8, 4) is 16.9 Å². The molecule has 4 aromatic rings. The maximum atomic E-state index is 14.3. The largest absolute Gasteiger partial charge is 0.491 e. The molecule has 3 aliphatic rings. The topological polar surface area (TPSA) is 98.6 Å². The highest BCUT2D eigenvalue weighted by Crippen LogP contribution is 2.44. The summed E-state index contributed by atoms with van der Waals surface area (Å²) in [7, 11) is 1.35. The number of piperidine rings is 1. The van der Waals surface area contributed by atoms with E-state index in [4.69, 9.17) is 26.1 Å². The Morgan fingerprint density at radius 2 is 2.02 bits per heavy atom. The number of ether oxygens (including phenoxy) is 2. The molecule has 0 amide bonds. The summed E-state index contributed by atoms with van der Waals surface area (Å²) in [5, 5.41) is 5.23. The number of methoxy groups -OCH3 is 1. The number of hydrogen-bond donors (Lipinski definition) is 1. The van der Waals surface area contributed by atoms with Crippen molar-refractivity contribution in [3.63, 3.8) is 0 Å². The fraction of sp³-hybridized carbons (Fsp3) is 0.486. The minimum Gasteiger partial charge on any atom is -0.491 e. The van der Waals surface area contributed by atoms with Gasteiger partial charge in [0, 0.05) is 63.8 Å². The molecule has 2 unspecified atom stereocenters. The third-order valence-corrected chi connectivity index (χ3v) is 11.3. The summed E-state index contributed by atoms with van der Waals surface area (Å²) in [4.78, 5) is 38.1. The molecule has 7 rings (SSSR count). The average molecular weight is 698 g/mol. The lowest BCUT2D eigenvalue weighted by Crippen LogP contribution is -2.52. The number of nitrogens with one attached hydrogen (secondary N) is 1. The van der Waals surface area contributed by atoms with Gasteiger partial charge >= 0.3 is 5.97 Å². The smallest absolute Gasteiger partial charge is 0.340 e. The number of alkyl halides is 2. The van der Waals surface area contributed by atoms with Gasteiger partial charge in [0.25, 0.3) is 11.5 Å². The van der Waals surface area contributed by atoms with Crippen molar-refractivity contribution in [3.05, 3.63) is 73.4 Å². The minimum atomic E-state index is -2.68. The van der Waals surface area contributed by atoms with Gasteiger partial charge in [-0.3, -0.25) is 19.2 Å². The van der Waals surface area contributed by atoms with E-state index in [0.29, 0.717) is 65.7 Å². The highest BCUT2D eigenvalue weighted by Gasteiger charge is 2.50. The predicted octanol–water partition coefficient (Wildman–Crippen LogP) is 5.83. The first-order valence-electron chi connectivity index (χ1n) is 16.3. The fourth-order valence-electron chi connectivity index (χ4n) is 7.82. The van der Waals surface area contributed by atoms with E-state index in [1.54, 1.807) is 22.1 Å².